The number of aromatic amines is 1. The lowest BCUT2D eigenvalue weighted by Crippen LogP contribution is -2.49. The molecule has 190 valence electrons. The van der Waals surface area contributed by atoms with Crippen LogP contribution in [0.1, 0.15) is 22.5 Å². The Labute approximate surface area is 205 Å². The van der Waals surface area contributed by atoms with E-state index in [-0.39, 0.29) is 25.1 Å². The maximum atomic E-state index is 12.9. The lowest BCUT2D eigenvalue weighted by Gasteiger charge is -2.24. The van der Waals surface area contributed by atoms with Crippen LogP contribution in [0.15, 0.2) is 48.8 Å². The maximum Gasteiger partial charge on any atom is 0.345 e. The third-order valence-electron chi connectivity index (χ3n) is 5.84. The Hall–Kier alpha value is -4.06. The van der Waals surface area contributed by atoms with Gasteiger partial charge in [-0.25, -0.2) is 0 Å². The second kappa shape index (κ2) is 11.1. The normalized spacial score (nSPS) is 17.4. The molecule has 0 saturated carbocycles. The zero-order valence-electron chi connectivity index (χ0n) is 19.4. The molecule has 0 spiro atoms. The molecule has 12 heteroatoms. The van der Waals surface area contributed by atoms with Crippen molar-refractivity contribution in [1.82, 2.24) is 25.5 Å². The summed E-state index contributed by atoms with van der Waals surface area (Å²) in [5, 5.41) is 6.10. The summed E-state index contributed by atoms with van der Waals surface area (Å²) in [6.07, 6.45) is 2.21. The number of aromatic nitrogens is 2. The van der Waals surface area contributed by atoms with Crippen molar-refractivity contribution in [3.8, 4) is 5.75 Å². The molecule has 1 fully saturated rings. The number of fused-ring (bicyclic) bond motifs is 1. The van der Waals surface area contributed by atoms with E-state index in [1.165, 1.54) is 13.2 Å². The van der Waals surface area contributed by atoms with Crippen molar-refractivity contribution in [3.63, 3.8) is 0 Å². The van der Waals surface area contributed by atoms with Gasteiger partial charge in [0.05, 0.1) is 26.3 Å². The van der Waals surface area contributed by atoms with Gasteiger partial charge in [0.15, 0.2) is 0 Å². The summed E-state index contributed by atoms with van der Waals surface area (Å²) in [5.74, 6) is -1.15. The number of H-pyrrole nitrogens is 1. The van der Waals surface area contributed by atoms with Crippen LogP contribution in [-0.4, -0.2) is 71.5 Å². The summed E-state index contributed by atoms with van der Waals surface area (Å²) in [7, 11) is 1.46. The number of carbonyl (C=O) groups is 3. The lowest BCUT2D eigenvalue weighted by molar-refractivity contribution is -0.160. The van der Waals surface area contributed by atoms with E-state index in [1.807, 2.05) is 6.07 Å². The van der Waals surface area contributed by atoms with E-state index in [9.17, 15) is 23.2 Å². The number of hydrogen-bond donors (Lipinski definition) is 3. The fraction of sp³-hybridized carbons (Fsp3) is 0.333. The quantitative estimate of drug-likeness (QED) is 0.411. The van der Waals surface area contributed by atoms with Gasteiger partial charge in [0.1, 0.15) is 11.8 Å². The molecule has 3 amide bonds. The van der Waals surface area contributed by atoms with Gasteiger partial charge in [0, 0.05) is 47.5 Å². The maximum absolute atomic E-state index is 12.9. The van der Waals surface area contributed by atoms with E-state index in [0.717, 1.165) is 15.8 Å². The van der Waals surface area contributed by atoms with Crippen molar-refractivity contribution in [2.75, 3.05) is 20.2 Å². The summed E-state index contributed by atoms with van der Waals surface area (Å²) in [6, 6.07) is 8.97. The fourth-order valence-corrected chi connectivity index (χ4v) is 4.12. The molecule has 1 aromatic carbocycles. The second-order valence-corrected chi connectivity index (χ2v) is 8.21. The Morgan fingerprint density at radius 1 is 1.22 bits per heavy atom. The summed E-state index contributed by atoms with van der Waals surface area (Å²) >= 11 is 0. The Bertz CT molecular complexity index is 1220. The number of carbonyl (C=O) groups excluding carboxylic acids is 3. The van der Waals surface area contributed by atoms with Gasteiger partial charge in [-0.05, 0) is 30.3 Å². The number of rotatable bonds is 9. The van der Waals surface area contributed by atoms with Gasteiger partial charge < -0.3 is 30.0 Å². The van der Waals surface area contributed by atoms with Crippen LogP contribution in [0.2, 0.25) is 0 Å². The first-order valence-electron chi connectivity index (χ1n) is 11.2. The first-order valence-corrected chi connectivity index (χ1v) is 11.2. The molecule has 1 saturated heterocycles. The summed E-state index contributed by atoms with van der Waals surface area (Å²) in [4.78, 5) is 46.6. The molecule has 4 rings (SSSR count). The number of pyridine rings is 1. The van der Waals surface area contributed by atoms with E-state index in [0.29, 0.717) is 11.4 Å². The minimum absolute atomic E-state index is 0.0949. The minimum atomic E-state index is -3.04. The van der Waals surface area contributed by atoms with Crippen molar-refractivity contribution in [1.29, 1.82) is 0 Å². The number of alkyl halides is 2. The van der Waals surface area contributed by atoms with Crippen LogP contribution in [0.3, 0.4) is 0 Å². The molecule has 3 aromatic rings. The first kappa shape index (κ1) is 25.0. The van der Waals surface area contributed by atoms with Crippen LogP contribution in [0.25, 0.3) is 10.9 Å². The highest BCUT2D eigenvalue weighted by Crippen LogP contribution is 2.23. The fourth-order valence-electron chi connectivity index (χ4n) is 4.12. The van der Waals surface area contributed by atoms with Gasteiger partial charge in [-0.3, -0.25) is 19.4 Å². The number of halogens is 2. The molecule has 2 aromatic heterocycles. The van der Waals surface area contributed by atoms with Crippen LogP contribution in [0.5, 0.6) is 5.75 Å². The standard InChI is InChI=1S/C24H25F2N5O5/c1-35-17-4-2-3-14(8-17)22(33)29-12-21(32)31-13-18(36-24(25)26)9-20(31)23(34)28-11-16-7-15-10-27-6-5-19(15)30-16/h2-8,10,18,20,24,30H,9,11-13H2,1H3,(H,28,34)(H,29,33)/t18-,20+/m1/s1. The largest absolute Gasteiger partial charge is 0.497 e. The van der Waals surface area contributed by atoms with Crippen molar-refractivity contribution >= 4 is 28.6 Å². The highest BCUT2D eigenvalue weighted by Gasteiger charge is 2.41. The van der Waals surface area contributed by atoms with Crippen molar-refractivity contribution in [2.24, 2.45) is 0 Å². The number of likely N-dealkylation sites (tertiary alicyclic amines) is 1. The molecule has 3 heterocycles. The van der Waals surface area contributed by atoms with Gasteiger partial charge in [0.2, 0.25) is 11.8 Å². The smallest absolute Gasteiger partial charge is 0.345 e. The number of methoxy groups -OCH3 is 1. The van der Waals surface area contributed by atoms with Crippen molar-refractivity contribution < 1.29 is 32.6 Å². The molecule has 1 aliphatic heterocycles. The number of amides is 3. The Kier molecular flexibility index (Phi) is 7.74. The Morgan fingerprint density at radius 3 is 2.81 bits per heavy atom. The van der Waals surface area contributed by atoms with Crippen molar-refractivity contribution in [3.05, 3.63) is 60.0 Å². The third-order valence-corrected chi connectivity index (χ3v) is 5.84. The van der Waals surface area contributed by atoms with E-state index in [1.54, 1.807) is 36.7 Å². The number of hydrogen-bond acceptors (Lipinski definition) is 6. The number of benzene rings is 1. The third kappa shape index (κ3) is 5.95. The van der Waals surface area contributed by atoms with E-state index < -0.39 is 43.0 Å². The Morgan fingerprint density at radius 2 is 2.06 bits per heavy atom. The van der Waals surface area contributed by atoms with Gasteiger partial charge >= 0.3 is 6.61 Å². The van der Waals surface area contributed by atoms with E-state index in [4.69, 9.17) is 4.74 Å². The number of ether oxygens (including phenoxy) is 2. The summed E-state index contributed by atoms with van der Waals surface area (Å²) in [6.45, 7) is -3.52. The predicted molar refractivity (Wildman–Crippen MR) is 124 cm³/mol. The number of nitrogens with one attached hydrogen (secondary N) is 3. The van der Waals surface area contributed by atoms with Crippen LogP contribution in [0, 0.1) is 0 Å². The van der Waals surface area contributed by atoms with E-state index >= 15 is 0 Å². The van der Waals surface area contributed by atoms with Gasteiger partial charge in [-0.15, -0.1) is 0 Å². The average molecular weight is 501 g/mol. The molecule has 36 heavy (non-hydrogen) atoms. The van der Waals surface area contributed by atoms with Crippen LogP contribution in [0.4, 0.5) is 8.78 Å². The highest BCUT2D eigenvalue weighted by atomic mass is 19.3. The van der Waals surface area contributed by atoms with Crippen LogP contribution in [-0.2, 0) is 20.9 Å². The van der Waals surface area contributed by atoms with Crippen molar-refractivity contribution in [2.45, 2.75) is 31.7 Å². The molecule has 0 unspecified atom stereocenters. The Balaban J connectivity index is 1.39. The molecule has 0 aliphatic carbocycles. The first-order chi connectivity index (χ1) is 17.3. The average Bonchev–Trinajstić information content (AvgIpc) is 3.49. The zero-order chi connectivity index (χ0) is 25.7. The van der Waals surface area contributed by atoms with Gasteiger partial charge in [-0.1, -0.05) is 6.07 Å². The van der Waals surface area contributed by atoms with Crippen LogP contribution >= 0.6 is 0 Å². The van der Waals surface area contributed by atoms with Gasteiger partial charge in [-0.2, -0.15) is 8.78 Å². The molecule has 10 nitrogen and oxygen atoms in total. The second-order valence-electron chi connectivity index (χ2n) is 8.21. The summed E-state index contributed by atoms with van der Waals surface area (Å²) < 4.78 is 35.3. The minimum Gasteiger partial charge on any atom is -0.497 e. The molecule has 2 atom stereocenters. The topological polar surface area (TPSA) is 126 Å². The monoisotopic (exact) mass is 501 g/mol. The zero-order valence-corrected chi connectivity index (χ0v) is 19.4. The predicted octanol–water partition coefficient (Wildman–Crippen LogP) is 1.83. The SMILES string of the molecule is COc1cccc(C(=O)NCC(=O)N2C[C@H](OC(F)F)C[C@H]2C(=O)NCc2cc3cnccc3[nH]2)c1. The van der Waals surface area contributed by atoms with Crippen LogP contribution < -0.4 is 15.4 Å². The molecule has 0 bridgehead atoms. The molecule has 1 aliphatic rings. The lowest BCUT2D eigenvalue weighted by atomic mass is 10.1. The molecule has 3 N–H and O–H groups in total. The molecule has 0 radical (unpaired) electrons. The van der Waals surface area contributed by atoms with Gasteiger partial charge in [0.25, 0.3) is 5.91 Å². The van der Waals surface area contributed by atoms with E-state index in [2.05, 4.69) is 25.3 Å². The molecular weight excluding hydrogens is 476 g/mol. The summed E-state index contributed by atoms with van der Waals surface area (Å²) in [5.41, 5.74) is 1.85. The number of nitrogens with zero attached hydrogens (tertiary/aromatic N) is 2. The highest BCUT2D eigenvalue weighted by molar-refractivity contribution is 5.97. The molecular formula is C24H25F2N5O5.